The molecule has 1 unspecified atom stereocenters. The topological polar surface area (TPSA) is 48.0 Å². The highest BCUT2D eigenvalue weighted by molar-refractivity contribution is 9.10. The summed E-state index contributed by atoms with van der Waals surface area (Å²) in [6, 6.07) is 10.0. The molecule has 0 aliphatic carbocycles. The van der Waals surface area contributed by atoms with Gasteiger partial charge in [-0.1, -0.05) is 6.07 Å². The normalized spacial score (nSPS) is 18.6. The standard InChI is InChI=1S/C21H21BrFNO4/c22-16-12-15(23)5-7-18(16)28-13-21(25)24-8-1-3-17(24)14-4-6-19-20(11-14)27-10-2-9-26-19/h4-7,11-12,17H,1-3,8-10,13H2. The van der Waals surface area contributed by atoms with Crippen LogP contribution in [0.3, 0.4) is 0 Å². The first-order valence-corrected chi connectivity index (χ1v) is 10.2. The summed E-state index contributed by atoms with van der Waals surface area (Å²) in [5.74, 6) is 1.48. The number of hydrogen-bond acceptors (Lipinski definition) is 4. The first-order valence-electron chi connectivity index (χ1n) is 9.39. The predicted octanol–water partition coefficient (Wildman–Crippen LogP) is 4.49. The lowest BCUT2D eigenvalue weighted by Crippen LogP contribution is -2.34. The van der Waals surface area contributed by atoms with E-state index >= 15 is 0 Å². The minimum atomic E-state index is -0.362. The van der Waals surface area contributed by atoms with Crippen LogP contribution in [0.2, 0.25) is 0 Å². The second-order valence-electron chi connectivity index (χ2n) is 6.87. The molecule has 2 aliphatic rings. The summed E-state index contributed by atoms with van der Waals surface area (Å²) in [4.78, 5) is 14.6. The minimum Gasteiger partial charge on any atom is -0.490 e. The van der Waals surface area contributed by atoms with Gasteiger partial charge in [-0.3, -0.25) is 4.79 Å². The lowest BCUT2D eigenvalue weighted by Gasteiger charge is -2.26. The summed E-state index contributed by atoms with van der Waals surface area (Å²) < 4.78 is 30.8. The van der Waals surface area contributed by atoms with E-state index in [-0.39, 0.29) is 24.4 Å². The molecule has 2 aromatic carbocycles. The van der Waals surface area contributed by atoms with Crippen molar-refractivity contribution in [2.24, 2.45) is 0 Å². The van der Waals surface area contributed by atoms with Crippen molar-refractivity contribution in [2.75, 3.05) is 26.4 Å². The summed E-state index contributed by atoms with van der Waals surface area (Å²) in [5, 5.41) is 0. The molecular weight excluding hydrogens is 429 g/mol. The molecule has 148 valence electrons. The number of likely N-dealkylation sites (tertiary alicyclic amines) is 1. The van der Waals surface area contributed by atoms with Crippen molar-refractivity contribution in [1.29, 1.82) is 0 Å². The van der Waals surface area contributed by atoms with E-state index in [1.807, 2.05) is 23.1 Å². The van der Waals surface area contributed by atoms with Gasteiger partial charge in [-0.25, -0.2) is 4.39 Å². The van der Waals surface area contributed by atoms with Gasteiger partial charge in [0.05, 0.1) is 23.7 Å². The highest BCUT2D eigenvalue weighted by atomic mass is 79.9. The van der Waals surface area contributed by atoms with Crippen molar-refractivity contribution < 1.29 is 23.4 Å². The number of carbonyl (C=O) groups is 1. The summed E-state index contributed by atoms with van der Waals surface area (Å²) in [5.41, 5.74) is 1.04. The van der Waals surface area contributed by atoms with Crippen molar-refractivity contribution in [1.82, 2.24) is 4.90 Å². The van der Waals surface area contributed by atoms with E-state index in [9.17, 15) is 9.18 Å². The quantitative estimate of drug-likeness (QED) is 0.689. The lowest BCUT2D eigenvalue weighted by molar-refractivity contribution is -0.134. The zero-order valence-corrected chi connectivity index (χ0v) is 16.9. The van der Waals surface area contributed by atoms with Crippen LogP contribution in [0, 0.1) is 5.82 Å². The van der Waals surface area contributed by atoms with E-state index in [1.54, 1.807) is 0 Å². The highest BCUT2D eigenvalue weighted by Crippen LogP contribution is 2.38. The van der Waals surface area contributed by atoms with Crippen LogP contribution < -0.4 is 14.2 Å². The van der Waals surface area contributed by atoms with Gasteiger partial charge >= 0.3 is 0 Å². The number of benzene rings is 2. The van der Waals surface area contributed by atoms with Crippen LogP contribution in [0.1, 0.15) is 30.9 Å². The van der Waals surface area contributed by atoms with Gasteiger partial charge in [-0.05, 0) is 64.7 Å². The third kappa shape index (κ3) is 4.09. The van der Waals surface area contributed by atoms with Crippen LogP contribution in [0.4, 0.5) is 4.39 Å². The fourth-order valence-corrected chi connectivity index (χ4v) is 4.08. The van der Waals surface area contributed by atoms with Crippen LogP contribution >= 0.6 is 15.9 Å². The van der Waals surface area contributed by atoms with Crippen molar-refractivity contribution >= 4 is 21.8 Å². The third-order valence-electron chi connectivity index (χ3n) is 4.97. The molecule has 5 nitrogen and oxygen atoms in total. The molecule has 4 rings (SSSR count). The SMILES string of the molecule is O=C(COc1ccc(F)cc1Br)N1CCCC1c1ccc2c(c1)OCCCO2. The van der Waals surface area contributed by atoms with Gasteiger partial charge in [0.2, 0.25) is 0 Å². The van der Waals surface area contributed by atoms with Crippen molar-refractivity contribution in [3.05, 3.63) is 52.3 Å². The monoisotopic (exact) mass is 449 g/mol. The van der Waals surface area contributed by atoms with Crippen molar-refractivity contribution in [3.8, 4) is 17.2 Å². The average molecular weight is 450 g/mol. The Morgan fingerprint density at radius 1 is 1.14 bits per heavy atom. The first kappa shape index (κ1) is 19.1. The Kier molecular flexibility index (Phi) is 5.71. The number of rotatable bonds is 4. The number of nitrogens with zero attached hydrogens (tertiary/aromatic N) is 1. The van der Waals surface area contributed by atoms with E-state index in [2.05, 4.69) is 15.9 Å². The largest absolute Gasteiger partial charge is 0.490 e. The second kappa shape index (κ2) is 8.39. The van der Waals surface area contributed by atoms with Crippen LogP contribution in [0.15, 0.2) is 40.9 Å². The van der Waals surface area contributed by atoms with Gasteiger partial charge < -0.3 is 19.1 Å². The number of halogens is 2. The molecule has 0 aromatic heterocycles. The van der Waals surface area contributed by atoms with Crippen LogP contribution in [0.25, 0.3) is 0 Å². The van der Waals surface area contributed by atoms with Crippen molar-refractivity contribution in [2.45, 2.75) is 25.3 Å². The fourth-order valence-electron chi connectivity index (χ4n) is 3.61. The van der Waals surface area contributed by atoms with E-state index < -0.39 is 0 Å². The Morgan fingerprint density at radius 3 is 2.79 bits per heavy atom. The lowest BCUT2D eigenvalue weighted by atomic mass is 10.0. The fraction of sp³-hybridized carbons (Fsp3) is 0.381. The molecule has 1 fully saturated rings. The van der Waals surface area contributed by atoms with Gasteiger partial charge in [0.25, 0.3) is 5.91 Å². The summed E-state index contributed by atoms with van der Waals surface area (Å²) in [6.07, 6.45) is 2.69. The highest BCUT2D eigenvalue weighted by Gasteiger charge is 2.31. The summed E-state index contributed by atoms with van der Waals surface area (Å²) in [6.45, 7) is 1.87. The number of amides is 1. The zero-order valence-electron chi connectivity index (χ0n) is 15.3. The Bertz CT molecular complexity index is 875. The molecule has 0 saturated carbocycles. The summed E-state index contributed by atoms with van der Waals surface area (Å²) >= 11 is 3.25. The maximum atomic E-state index is 13.2. The molecule has 7 heteroatoms. The van der Waals surface area contributed by atoms with Gasteiger partial charge in [0.15, 0.2) is 18.1 Å². The van der Waals surface area contributed by atoms with Gasteiger partial charge in [-0.2, -0.15) is 0 Å². The van der Waals surface area contributed by atoms with E-state index in [0.717, 1.165) is 36.3 Å². The molecule has 2 heterocycles. The Morgan fingerprint density at radius 2 is 1.96 bits per heavy atom. The van der Waals surface area contributed by atoms with Crippen LogP contribution in [-0.2, 0) is 4.79 Å². The molecule has 0 N–H and O–H groups in total. The Balaban J connectivity index is 1.45. The molecule has 1 atom stereocenters. The average Bonchev–Trinajstić information content (AvgIpc) is 3.06. The molecule has 28 heavy (non-hydrogen) atoms. The van der Waals surface area contributed by atoms with E-state index in [1.165, 1.54) is 18.2 Å². The number of ether oxygens (including phenoxy) is 3. The zero-order chi connectivity index (χ0) is 19.5. The molecule has 0 radical (unpaired) electrons. The Labute approximate surface area is 171 Å². The maximum absolute atomic E-state index is 13.2. The molecular formula is C21H21BrFNO4. The smallest absolute Gasteiger partial charge is 0.261 e. The predicted molar refractivity (Wildman–Crippen MR) is 105 cm³/mol. The molecule has 1 saturated heterocycles. The Hall–Kier alpha value is -2.28. The van der Waals surface area contributed by atoms with Gasteiger partial charge in [0.1, 0.15) is 11.6 Å². The van der Waals surface area contributed by atoms with Gasteiger partial charge in [0, 0.05) is 13.0 Å². The molecule has 1 amide bonds. The number of fused-ring (bicyclic) bond motifs is 1. The minimum absolute atomic E-state index is 0.00934. The number of hydrogen-bond donors (Lipinski definition) is 0. The molecule has 2 aromatic rings. The van der Waals surface area contributed by atoms with Crippen LogP contribution in [-0.4, -0.2) is 37.2 Å². The molecule has 2 aliphatic heterocycles. The first-order chi connectivity index (χ1) is 13.6. The molecule has 0 bridgehead atoms. The second-order valence-corrected chi connectivity index (χ2v) is 7.72. The third-order valence-corrected chi connectivity index (χ3v) is 5.59. The maximum Gasteiger partial charge on any atom is 0.261 e. The van der Waals surface area contributed by atoms with E-state index in [4.69, 9.17) is 14.2 Å². The van der Waals surface area contributed by atoms with Crippen LogP contribution in [0.5, 0.6) is 17.2 Å². The molecule has 0 spiro atoms. The van der Waals surface area contributed by atoms with Gasteiger partial charge in [-0.15, -0.1) is 0 Å². The van der Waals surface area contributed by atoms with Crippen molar-refractivity contribution in [3.63, 3.8) is 0 Å². The van der Waals surface area contributed by atoms with E-state index in [0.29, 0.717) is 30.0 Å². The number of carbonyl (C=O) groups excluding carboxylic acids is 1. The summed E-state index contributed by atoms with van der Waals surface area (Å²) in [7, 11) is 0.